The summed E-state index contributed by atoms with van der Waals surface area (Å²) in [6.45, 7) is 0.907. The fourth-order valence-corrected chi connectivity index (χ4v) is 2.94. The summed E-state index contributed by atoms with van der Waals surface area (Å²) in [6.07, 6.45) is 4.17. The molecule has 2 aromatic rings. The van der Waals surface area contributed by atoms with Gasteiger partial charge in [0.15, 0.2) is 0 Å². The van der Waals surface area contributed by atoms with E-state index in [0.717, 1.165) is 18.1 Å². The third-order valence-electron chi connectivity index (χ3n) is 4.06. The molecule has 0 saturated carbocycles. The Bertz CT molecular complexity index is 690. The number of halogens is 3. The first-order chi connectivity index (χ1) is 11.3. The van der Waals surface area contributed by atoms with Crippen LogP contribution in [0.3, 0.4) is 0 Å². The molecule has 0 aliphatic rings. The van der Waals surface area contributed by atoms with Crippen LogP contribution in [0.2, 0.25) is 5.02 Å². The quantitative estimate of drug-likeness (QED) is 0.656. The van der Waals surface area contributed by atoms with E-state index in [1.165, 1.54) is 0 Å². The van der Waals surface area contributed by atoms with Crippen LogP contribution < -0.4 is 0 Å². The molecule has 1 aromatic carbocycles. The Hall–Kier alpha value is -1.99. The van der Waals surface area contributed by atoms with Crippen molar-refractivity contribution < 1.29 is 8.78 Å². The van der Waals surface area contributed by atoms with Crippen LogP contribution in [0.25, 0.3) is 0 Å². The summed E-state index contributed by atoms with van der Waals surface area (Å²) in [5.74, 6) is -2.73. The number of pyridine rings is 1. The second-order valence-electron chi connectivity index (χ2n) is 6.16. The molecule has 24 heavy (non-hydrogen) atoms. The number of nitriles is 1. The van der Waals surface area contributed by atoms with Crippen LogP contribution >= 0.6 is 11.6 Å². The number of nitrogens with zero attached hydrogens (tertiary/aromatic N) is 2. The molecule has 0 N–H and O–H groups in total. The third kappa shape index (κ3) is 5.01. The molecular weight excluding hydrogens is 330 g/mol. The molecule has 2 nitrogen and oxygen atoms in total. The van der Waals surface area contributed by atoms with Gasteiger partial charge >= 0.3 is 0 Å². The Labute approximate surface area is 146 Å². The van der Waals surface area contributed by atoms with Crippen LogP contribution in [0.4, 0.5) is 8.78 Å². The van der Waals surface area contributed by atoms with Gasteiger partial charge in [0.05, 0.1) is 11.5 Å². The summed E-state index contributed by atoms with van der Waals surface area (Å²) >= 11 is 5.94. The van der Waals surface area contributed by atoms with Gasteiger partial charge in [0.1, 0.15) is 0 Å². The van der Waals surface area contributed by atoms with E-state index in [1.807, 2.05) is 6.07 Å². The van der Waals surface area contributed by atoms with Crippen molar-refractivity contribution in [1.82, 2.24) is 4.98 Å². The van der Waals surface area contributed by atoms with Gasteiger partial charge in [0.2, 0.25) is 5.92 Å². The normalized spacial score (nSPS) is 14.0. The summed E-state index contributed by atoms with van der Waals surface area (Å²) in [6, 6.07) is 13.1. The van der Waals surface area contributed by atoms with Gasteiger partial charge in [-0.05, 0) is 55.5 Å². The Morgan fingerprint density at radius 1 is 1.17 bits per heavy atom. The van der Waals surface area contributed by atoms with Gasteiger partial charge < -0.3 is 0 Å². The number of hydrogen-bond donors (Lipinski definition) is 0. The second-order valence-corrected chi connectivity index (χ2v) is 6.60. The zero-order valence-electron chi connectivity index (χ0n) is 13.5. The number of hydrogen-bond acceptors (Lipinski definition) is 2. The molecule has 2 rings (SSSR count). The molecule has 0 radical (unpaired) electrons. The highest BCUT2D eigenvalue weighted by atomic mass is 35.5. The Morgan fingerprint density at radius 2 is 1.88 bits per heavy atom. The minimum atomic E-state index is -2.73. The minimum Gasteiger partial charge on any atom is -0.264 e. The lowest BCUT2D eigenvalue weighted by Crippen LogP contribution is -2.28. The molecule has 0 aliphatic heterocycles. The zero-order valence-corrected chi connectivity index (χ0v) is 14.2. The smallest absolute Gasteiger partial charge is 0.245 e. The van der Waals surface area contributed by atoms with Crippen molar-refractivity contribution in [3.05, 3.63) is 64.9 Å². The molecule has 1 unspecified atom stereocenters. The van der Waals surface area contributed by atoms with Gasteiger partial charge in [-0.15, -0.1) is 0 Å². The van der Waals surface area contributed by atoms with E-state index in [9.17, 15) is 14.0 Å². The molecule has 0 spiro atoms. The van der Waals surface area contributed by atoms with E-state index in [4.69, 9.17) is 11.6 Å². The molecule has 126 valence electrons. The Morgan fingerprint density at radius 3 is 2.42 bits per heavy atom. The highest BCUT2D eigenvalue weighted by Crippen LogP contribution is 2.35. The van der Waals surface area contributed by atoms with Gasteiger partial charge in [-0.3, -0.25) is 4.98 Å². The SMILES string of the molecule is CC(F)(F)CCCC(C#N)(Cc1cccnc1)c1ccc(Cl)cc1. The molecule has 1 heterocycles. The van der Waals surface area contributed by atoms with Crippen LogP contribution in [0, 0.1) is 11.3 Å². The van der Waals surface area contributed by atoms with Crippen molar-refractivity contribution in [2.75, 3.05) is 0 Å². The van der Waals surface area contributed by atoms with Gasteiger partial charge in [-0.2, -0.15) is 5.26 Å². The van der Waals surface area contributed by atoms with Crippen molar-refractivity contribution in [2.45, 2.75) is 43.9 Å². The Kier molecular flexibility index (Phi) is 5.90. The number of benzene rings is 1. The average molecular weight is 349 g/mol. The predicted molar refractivity (Wildman–Crippen MR) is 91.2 cm³/mol. The van der Waals surface area contributed by atoms with Crippen LogP contribution in [0.15, 0.2) is 48.8 Å². The first-order valence-corrected chi connectivity index (χ1v) is 8.16. The molecule has 0 amide bonds. The summed E-state index contributed by atoms with van der Waals surface area (Å²) in [5, 5.41) is 10.5. The standard InChI is InChI=1S/C19H19ClF2N2/c1-18(21,22)9-3-10-19(14-23,12-15-4-2-11-24-13-15)16-5-7-17(20)8-6-16/h2,4-8,11,13H,3,9-10,12H2,1H3. The number of aromatic nitrogens is 1. The van der Waals surface area contributed by atoms with Crippen molar-refractivity contribution >= 4 is 11.6 Å². The van der Waals surface area contributed by atoms with Crippen molar-refractivity contribution in [3.8, 4) is 6.07 Å². The summed E-state index contributed by atoms with van der Waals surface area (Å²) in [5.41, 5.74) is 0.814. The van der Waals surface area contributed by atoms with E-state index in [2.05, 4.69) is 11.1 Å². The zero-order chi connectivity index (χ0) is 17.6. The van der Waals surface area contributed by atoms with Gasteiger partial charge in [-0.25, -0.2) is 8.78 Å². The van der Waals surface area contributed by atoms with E-state index in [-0.39, 0.29) is 12.8 Å². The maximum Gasteiger partial charge on any atom is 0.245 e. The predicted octanol–water partition coefficient (Wildman–Crippen LogP) is 5.56. The average Bonchev–Trinajstić information content (AvgIpc) is 2.54. The fraction of sp³-hybridized carbons (Fsp3) is 0.368. The summed E-state index contributed by atoms with van der Waals surface area (Å²) in [7, 11) is 0. The largest absolute Gasteiger partial charge is 0.264 e. The van der Waals surface area contributed by atoms with Crippen molar-refractivity contribution in [2.24, 2.45) is 0 Å². The fourth-order valence-electron chi connectivity index (χ4n) is 2.82. The van der Waals surface area contributed by atoms with Gasteiger partial charge in [0, 0.05) is 23.8 Å². The molecular formula is C19H19ClF2N2. The lowest BCUT2D eigenvalue weighted by Gasteiger charge is -2.28. The summed E-state index contributed by atoms with van der Waals surface area (Å²) < 4.78 is 26.3. The molecule has 0 fully saturated rings. The van der Waals surface area contributed by atoms with Gasteiger partial charge in [-0.1, -0.05) is 29.8 Å². The lowest BCUT2D eigenvalue weighted by atomic mass is 9.73. The maximum atomic E-state index is 13.2. The highest BCUT2D eigenvalue weighted by Gasteiger charge is 2.34. The second kappa shape index (κ2) is 7.72. The molecule has 0 aliphatic carbocycles. The highest BCUT2D eigenvalue weighted by molar-refractivity contribution is 6.30. The van der Waals surface area contributed by atoms with Crippen LogP contribution in [-0.4, -0.2) is 10.9 Å². The van der Waals surface area contributed by atoms with Gasteiger partial charge in [0.25, 0.3) is 0 Å². The molecule has 1 atom stereocenters. The monoisotopic (exact) mass is 348 g/mol. The van der Waals surface area contributed by atoms with E-state index in [0.29, 0.717) is 17.9 Å². The first-order valence-electron chi connectivity index (χ1n) is 7.79. The van der Waals surface area contributed by atoms with E-state index in [1.54, 1.807) is 42.7 Å². The molecule has 0 saturated heterocycles. The van der Waals surface area contributed by atoms with Crippen molar-refractivity contribution in [3.63, 3.8) is 0 Å². The van der Waals surface area contributed by atoms with E-state index < -0.39 is 11.3 Å². The van der Waals surface area contributed by atoms with Crippen molar-refractivity contribution in [1.29, 1.82) is 5.26 Å². The van der Waals surface area contributed by atoms with Crippen LogP contribution in [0.5, 0.6) is 0 Å². The molecule has 5 heteroatoms. The lowest BCUT2D eigenvalue weighted by molar-refractivity contribution is 0.00945. The minimum absolute atomic E-state index is 0.239. The van der Waals surface area contributed by atoms with E-state index >= 15 is 0 Å². The molecule has 0 bridgehead atoms. The first kappa shape index (κ1) is 18.4. The number of rotatable bonds is 7. The number of alkyl halides is 2. The van der Waals surface area contributed by atoms with Crippen LogP contribution in [-0.2, 0) is 11.8 Å². The topological polar surface area (TPSA) is 36.7 Å². The Balaban J connectivity index is 2.31. The third-order valence-corrected chi connectivity index (χ3v) is 4.31. The summed E-state index contributed by atoms with van der Waals surface area (Å²) in [4.78, 5) is 4.08. The maximum absolute atomic E-state index is 13.2. The molecule has 1 aromatic heterocycles. The van der Waals surface area contributed by atoms with Crippen LogP contribution in [0.1, 0.15) is 37.3 Å².